The SMILES string of the molecule is CC1(C)C(=O)NCCN1C(=O)N1CCC[C@H](C(=O)O)C1. The highest BCUT2D eigenvalue weighted by molar-refractivity contribution is 5.91. The Labute approximate surface area is 117 Å². The predicted octanol–water partition coefficient (Wildman–Crippen LogP) is 0.113. The normalized spacial score (nSPS) is 26.1. The van der Waals surface area contributed by atoms with Gasteiger partial charge in [-0.3, -0.25) is 9.59 Å². The number of nitrogens with one attached hydrogen (secondary N) is 1. The molecule has 20 heavy (non-hydrogen) atoms. The number of carbonyl (C=O) groups excluding carboxylic acids is 2. The van der Waals surface area contributed by atoms with Crippen LogP contribution >= 0.6 is 0 Å². The summed E-state index contributed by atoms with van der Waals surface area (Å²) >= 11 is 0. The quantitative estimate of drug-likeness (QED) is 0.715. The van der Waals surface area contributed by atoms with Gasteiger partial charge in [0.1, 0.15) is 5.54 Å². The summed E-state index contributed by atoms with van der Waals surface area (Å²) < 4.78 is 0. The second-order valence-electron chi connectivity index (χ2n) is 5.87. The monoisotopic (exact) mass is 283 g/mol. The molecule has 2 heterocycles. The average molecular weight is 283 g/mol. The fourth-order valence-corrected chi connectivity index (χ4v) is 2.76. The summed E-state index contributed by atoms with van der Waals surface area (Å²) in [4.78, 5) is 38.6. The van der Waals surface area contributed by atoms with Crippen molar-refractivity contribution < 1.29 is 19.5 Å². The number of nitrogens with zero attached hydrogens (tertiary/aromatic N) is 2. The minimum Gasteiger partial charge on any atom is -0.481 e. The third-order valence-corrected chi connectivity index (χ3v) is 4.12. The number of hydrogen-bond donors (Lipinski definition) is 2. The number of carbonyl (C=O) groups is 3. The minimum atomic E-state index is -0.897. The van der Waals surface area contributed by atoms with Crippen LogP contribution in [0.1, 0.15) is 26.7 Å². The van der Waals surface area contributed by atoms with Crippen LogP contribution in [0.25, 0.3) is 0 Å². The van der Waals surface area contributed by atoms with E-state index in [1.165, 1.54) is 4.90 Å². The highest BCUT2D eigenvalue weighted by Gasteiger charge is 2.43. The van der Waals surface area contributed by atoms with Gasteiger partial charge in [0.15, 0.2) is 0 Å². The van der Waals surface area contributed by atoms with E-state index in [9.17, 15) is 14.4 Å². The zero-order chi connectivity index (χ0) is 14.9. The van der Waals surface area contributed by atoms with E-state index in [1.54, 1.807) is 18.7 Å². The van der Waals surface area contributed by atoms with Crippen LogP contribution in [-0.2, 0) is 9.59 Å². The number of rotatable bonds is 1. The van der Waals surface area contributed by atoms with E-state index in [2.05, 4.69) is 5.32 Å². The molecule has 2 rings (SSSR count). The summed E-state index contributed by atoms with van der Waals surface area (Å²) in [5.74, 6) is -1.54. The molecule has 0 aromatic carbocycles. The first-order chi connectivity index (χ1) is 9.34. The number of aliphatic carboxylic acids is 1. The van der Waals surface area contributed by atoms with E-state index >= 15 is 0 Å². The lowest BCUT2D eigenvalue weighted by Crippen LogP contribution is -2.66. The maximum absolute atomic E-state index is 12.6. The molecule has 0 aromatic heterocycles. The summed E-state index contributed by atoms with van der Waals surface area (Å²) in [5.41, 5.74) is -0.897. The molecule has 2 N–H and O–H groups in total. The molecule has 7 heteroatoms. The van der Waals surface area contributed by atoms with Gasteiger partial charge >= 0.3 is 12.0 Å². The molecule has 2 saturated heterocycles. The Morgan fingerprint density at radius 3 is 2.70 bits per heavy atom. The van der Waals surface area contributed by atoms with Gasteiger partial charge in [-0.15, -0.1) is 0 Å². The number of carboxylic acid groups (broad SMARTS) is 1. The molecule has 0 radical (unpaired) electrons. The Kier molecular flexibility index (Phi) is 3.87. The summed E-state index contributed by atoms with van der Waals surface area (Å²) in [6, 6.07) is -0.240. The van der Waals surface area contributed by atoms with Crippen molar-refractivity contribution in [3.8, 4) is 0 Å². The largest absolute Gasteiger partial charge is 0.481 e. The summed E-state index contributed by atoms with van der Waals surface area (Å²) in [6.45, 7) is 5.07. The van der Waals surface area contributed by atoms with E-state index in [-0.39, 0.29) is 18.5 Å². The molecule has 0 unspecified atom stereocenters. The van der Waals surface area contributed by atoms with Gasteiger partial charge in [-0.1, -0.05) is 0 Å². The summed E-state index contributed by atoms with van der Waals surface area (Å²) in [5, 5.41) is 11.8. The van der Waals surface area contributed by atoms with Crippen molar-refractivity contribution in [3.05, 3.63) is 0 Å². The fraction of sp³-hybridized carbons (Fsp3) is 0.769. The van der Waals surface area contributed by atoms with Crippen LogP contribution in [0.15, 0.2) is 0 Å². The molecule has 2 aliphatic rings. The van der Waals surface area contributed by atoms with Crippen molar-refractivity contribution >= 4 is 17.9 Å². The second kappa shape index (κ2) is 5.30. The lowest BCUT2D eigenvalue weighted by molar-refractivity contribution is -0.143. The standard InChI is InChI=1S/C13H21N3O4/c1-13(2)11(19)14-5-7-16(13)12(20)15-6-3-4-9(8-15)10(17)18/h9H,3-8H2,1-2H3,(H,14,19)(H,17,18)/t9-/m0/s1. The highest BCUT2D eigenvalue weighted by Crippen LogP contribution is 2.23. The minimum absolute atomic E-state index is 0.177. The Hall–Kier alpha value is -1.79. The number of urea groups is 1. The van der Waals surface area contributed by atoms with Crippen LogP contribution in [0, 0.1) is 5.92 Å². The Morgan fingerprint density at radius 2 is 2.05 bits per heavy atom. The molecule has 0 aromatic rings. The van der Waals surface area contributed by atoms with Crippen molar-refractivity contribution in [1.82, 2.24) is 15.1 Å². The molecule has 0 spiro atoms. The third-order valence-electron chi connectivity index (χ3n) is 4.12. The first-order valence-electron chi connectivity index (χ1n) is 6.91. The zero-order valence-corrected chi connectivity index (χ0v) is 11.9. The van der Waals surface area contributed by atoms with Gasteiger partial charge in [0.2, 0.25) is 5.91 Å². The van der Waals surface area contributed by atoms with Gasteiger partial charge in [-0.2, -0.15) is 0 Å². The van der Waals surface area contributed by atoms with Crippen molar-refractivity contribution in [1.29, 1.82) is 0 Å². The number of piperidine rings is 1. The third kappa shape index (κ3) is 2.57. The van der Waals surface area contributed by atoms with Gasteiger partial charge in [0.25, 0.3) is 0 Å². The van der Waals surface area contributed by atoms with Crippen LogP contribution in [0.3, 0.4) is 0 Å². The highest BCUT2D eigenvalue weighted by atomic mass is 16.4. The smallest absolute Gasteiger partial charge is 0.320 e. The number of likely N-dealkylation sites (tertiary alicyclic amines) is 1. The van der Waals surface area contributed by atoms with Gasteiger partial charge in [0, 0.05) is 26.2 Å². The Bertz CT molecular complexity index is 435. The topological polar surface area (TPSA) is 90.0 Å². The number of piperazine rings is 1. The number of hydrogen-bond acceptors (Lipinski definition) is 3. The van der Waals surface area contributed by atoms with Gasteiger partial charge in [-0.05, 0) is 26.7 Å². The van der Waals surface area contributed by atoms with E-state index in [4.69, 9.17) is 5.11 Å². The second-order valence-corrected chi connectivity index (χ2v) is 5.87. The molecular weight excluding hydrogens is 262 g/mol. The van der Waals surface area contributed by atoms with Crippen LogP contribution in [-0.4, -0.2) is 64.5 Å². The van der Waals surface area contributed by atoms with Crippen LogP contribution in [0.2, 0.25) is 0 Å². The number of amides is 3. The van der Waals surface area contributed by atoms with Crippen LogP contribution in [0.5, 0.6) is 0 Å². The average Bonchev–Trinajstić information content (AvgIpc) is 2.41. The van der Waals surface area contributed by atoms with Crippen LogP contribution < -0.4 is 5.32 Å². The van der Waals surface area contributed by atoms with E-state index in [1.807, 2.05) is 0 Å². The van der Waals surface area contributed by atoms with Crippen molar-refractivity contribution in [2.24, 2.45) is 5.92 Å². The zero-order valence-electron chi connectivity index (χ0n) is 11.9. The Balaban J connectivity index is 2.10. The summed E-state index contributed by atoms with van der Waals surface area (Å²) in [7, 11) is 0. The van der Waals surface area contributed by atoms with Gasteiger partial charge < -0.3 is 20.2 Å². The Morgan fingerprint density at radius 1 is 1.35 bits per heavy atom. The van der Waals surface area contributed by atoms with E-state index in [0.29, 0.717) is 32.5 Å². The molecule has 3 amide bonds. The van der Waals surface area contributed by atoms with E-state index < -0.39 is 17.4 Å². The molecule has 0 saturated carbocycles. The fourth-order valence-electron chi connectivity index (χ4n) is 2.76. The van der Waals surface area contributed by atoms with Crippen molar-refractivity contribution in [3.63, 3.8) is 0 Å². The first-order valence-corrected chi connectivity index (χ1v) is 6.91. The molecule has 1 atom stereocenters. The molecule has 112 valence electrons. The molecular formula is C13H21N3O4. The first kappa shape index (κ1) is 14.6. The molecule has 0 bridgehead atoms. The lowest BCUT2D eigenvalue weighted by atomic mass is 9.97. The maximum atomic E-state index is 12.6. The molecule has 0 aliphatic carbocycles. The van der Waals surface area contributed by atoms with Crippen molar-refractivity contribution in [2.75, 3.05) is 26.2 Å². The van der Waals surface area contributed by atoms with E-state index in [0.717, 1.165) is 0 Å². The predicted molar refractivity (Wildman–Crippen MR) is 71.1 cm³/mol. The van der Waals surface area contributed by atoms with Gasteiger partial charge in [0.05, 0.1) is 5.92 Å². The lowest BCUT2D eigenvalue weighted by Gasteiger charge is -2.44. The van der Waals surface area contributed by atoms with Gasteiger partial charge in [-0.25, -0.2) is 4.79 Å². The molecule has 2 aliphatic heterocycles. The van der Waals surface area contributed by atoms with Crippen molar-refractivity contribution in [2.45, 2.75) is 32.2 Å². The van der Waals surface area contributed by atoms with Crippen LogP contribution in [0.4, 0.5) is 4.79 Å². The molecule has 2 fully saturated rings. The maximum Gasteiger partial charge on any atom is 0.320 e. The molecule has 7 nitrogen and oxygen atoms in total. The summed E-state index contributed by atoms with van der Waals surface area (Å²) in [6.07, 6.45) is 1.28. The number of carboxylic acids is 1.